The van der Waals surface area contributed by atoms with E-state index >= 15 is 0 Å². The number of halogens is 1. The van der Waals surface area contributed by atoms with Crippen molar-refractivity contribution in [3.63, 3.8) is 0 Å². The summed E-state index contributed by atoms with van der Waals surface area (Å²) in [5.74, 6) is -0.167. The number of rotatable bonds is 2. The predicted octanol–water partition coefficient (Wildman–Crippen LogP) is 3.29. The molecule has 0 amide bonds. The van der Waals surface area contributed by atoms with E-state index in [1.807, 2.05) is 24.3 Å². The molecule has 2 aromatic rings. The fourth-order valence-electron chi connectivity index (χ4n) is 2.37. The van der Waals surface area contributed by atoms with Gasteiger partial charge in [-0.15, -0.1) is 0 Å². The van der Waals surface area contributed by atoms with Gasteiger partial charge in [-0.3, -0.25) is 0 Å². The van der Waals surface area contributed by atoms with Crippen LogP contribution in [0.4, 0.5) is 10.1 Å². The molecule has 1 aliphatic rings. The van der Waals surface area contributed by atoms with Gasteiger partial charge in [0, 0.05) is 18.7 Å². The number of hydrogen-bond acceptors (Lipinski definition) is 2. The molecule has 1 saturated heterocycles. The molecular formula is C15H14FN2. The lowest BCUT2D eigenvalue weighted by Crippen LogP contribution is -2.18. The van der Waals surface area contributed by atoms with Crippen molar-refractivity contribution in [2.75, 3.05) is 18.0 Å². The standard InChI is InChI=1S/C15H14FN2/c16-13-11-12(14-5-1-2-8-17-14)6-7-15(13)18-9-3-4-10-18/h1-2,5-7,11H,3-4,9-10H2. The van der Waals surface area contributed by atoms with E-state index in [0.29, 0.717) is 5.69 Å². The quantitative estimate of drug-likeness (QED) is 0.802. The van der Waals surface area contributed by atoms with Crippen molar-refractivity contribution in [2.45, 2.75) is 12.8 Å². The molecule has 0 bridgehead atoms. The lowest BCUT2D eigenvalue weighted by Gasteiger charge is -2.18. The second-order valence-electron chi connectivity index (χ2n) is 4.51. The third kappa shape index (κ3) is 2.08. The van der Waals surface area contributed by atoms with Gasteiger partial charge in [0.1, 0.15) is 5.82 Å². The first-order chi connectivity index (χ1) is 8.84. The molecule has 0 N–H and O–H groups in total. The topological polar surface area (TPSA) is 16.1 Å². The average molecular weight is 241 g/mol. The smallest absolute Gasteiger partial charge is 0.147 e. The van der Waals surface area contributed by atoms with Crippen LogP contribution in [-0.4, -0.2) is 18.1 Å². The van der Waals surface area contributed by atoms with Gasteiger partial charge in [-0.2, -0.15) is 0 Å². The van der Waals surface area contributed by atoms with Crippen LogP contribution in [0, 0.1) is 12.0 Å². The molecule has 2 heterocycles. The molecular weight excluding hydrogens is 227 g/mol. The molecule has 1 fully saturated rings. The van der Waals surface area contributed by atoms with Crippen molar-refractivity contribution in [2.24, 2.45) is 0 Å². The fraction of sp³-hybridized carbons (Fsp3) is 0.267. The van der Waals surface area contributed by atoms with Crippen LogP contribution in [0.3, 0.4) is 0 Å². The Labute approximate surface area is 106 Å². The fourth-order valence-corrected chi connectivity index (χ4v) is 2.37. The molecule has 1 aromatic carbocycles. The zero-order chi connectivity index (χ0) is 12.4. The van der Waals surface area contributed by atoms with Crippen LogP contribution in [-0.2, 0) is 0 Å². The highest BCUT2D eigenvalue weighted by Gasteiger charge is 2.16. The number of nitrogens with zero attached hydrogens (tertiary/aromatic N) is 2. The first-order valence-electron chi connectivity index (χ1n) is 6.22. The van der Waals surface area contributed by atoms with E-state index in [2.05, 4.69) is 16.1 Å². The third-order valence-electron chi connectivity index (χ3n) is 3.30. The van der Waals surface area contributed by atoms with Crippen LogP contribution >= 0.6 is 0 Å². The van der Waals surface area contributed by atoms with Crippen molar-refractivity contribution in [1.82, 2.24) is 4.98 Å². The van der Waals surface area contributed by atoms with Crippen LogP contribution in [0.25, 0.3) is 11.3 Å². The largest absolute Gasteiger partial charge is 0.369 e. The van der Waals surface area contributed by atoms with E-state index in [-0.39, 0.29) is 5.82 Å². The highest BCUT2D eigenvalue weighted by Crippen LogP contribution is 2.27. The maximum Gasteiger partial charge on any atom is 0.147 e. The van der Waals surface area contributed by atoms with Gasteiger partial charge in [-0.1, -0.05) is 12.1 Å². The molecule has 18 heavy (non-hydrogen) atoms. The van der Waals surface area contributed by atoms with Crippen molar-refractivity contribution in [3.8, 4) is 11.3 Å². The summed E-state index contributed by atoms with van der Waals surface area (Å²) in [5, 5.41) is 0. The van der Waals surface area contributed by atoms with Crippen LogP contribution in [0.5, 0.6) is 0 Å². The van der Waals surface area contributed by atoms with Crippen molar-refractivity contribution in [1.29, 1.82) is 0 Å². The van der Waals surface area contributed by atoms with Gasteiger partial charge >= 0.3 is 0 Å². The van der Waals surface area contributed by atoms with Gasteiger partial charge in [0.15, 0.2) is 0 Å². The maximum absolute atomic E-state index is 14.1. The zero-order valence-corrected chi connectivity index (χ0v) is 10.1. The maximum atomic E-state index is 14.1. The summed E-state index contributed by atoms with van der Waals surface area (Å²) in [5.41, 5.74) is 2.26. The van der Waals surface area contributed by atoms with Crippen molar-refractivity contribution < 1.29 is 4.39 Å². The minimum atomic E-state index is -0.167. The zero-order valence-electron chi connectivity index (χ0n) is 10.1. The first kappa shape index (κ1) is 11.2. The Hall–Kier alpha value is -1.90. The summed E-state index contributed by atoms with van der Waals surface area (Å²) in [7, 11) is 0. The Balaban J connectivity index is 1.94. The summed E-state index contributed by atoms with van der Waals surface area (Å²) in [6.45, 7) is 1.90. The van der Waals surface area contributed by atoms with Gasteiger partial charge in [0.25, 0.3) is 0 Å². The molecule has 0 unspecified atom stereocenters. The van der Waals surface area contributed by atoms with E-state index in [1.165, 1.54) is 0 Å². The minimum Gasteiger partial charge on any atom is -0.369 e. The number of benzene rings is 1. The molecule has 91 valence electrons. The Bertz CT molecular complexity index is 533. The lowest BCUT2D eigenvalue weighted by molar-refractivity contribution is 0.623. The van der Waals surface area contributed by atoms with Crippen molar-refractivity contribution in [3.05, 3.63) is 48.4 Å². The Morgan fingerprint density at radius 1 is 1.17 bits per heavy atom. The molecule has 0 saturated carbocycles. The molecule has 1 aromatic heterocycles. The molecule has 0 spiro atoms. The van der Waals surface area contributed by atoms with Crippen molar-refractivity contribution >= 4 is 5.69 Å². The monoisotopic (exact) mass is 241 g/mol. The van der Waals surface area contributed by atoms with Gasteiger partial charge in [-0.05, 0) is 37.1 Å². The third-order valence-corrected chi connectivity index (χ3v) is 3.30. The van der Waals surface area contributed by atoms with Crippen LogP contribution < -0.4 is 4.90 Å². The van der Waals surface area contributed by atoms with E-state index in [0.717, 1.165) is 37.2 Å². The highest BCUT2D eigenvalue weighted by molar-refractivity contribution is 5.63. The highest BCUT2D eigenvalue weighted by atomic mass is 19.1. The Morgan fingerprint density at radius 3 is 2.67 bits per heavy atom. The number of aromatic nitrogens is 1. The summed E-state index contributed by atoms with van der Waals surface area (Å²) in [6, 6.07) is 10.8. The first-order valence-corrected chi connectivity index (χ1v) is 6.22. The van der Waals surface area contributed by atoms with Crippen LogP contribution in [0.2, 0.25) is 0 Å². The predicted molar refractivity (Wildman–Crippen MR) is 69.9 cm³/mol. The van der Waals surface area contributed by atoms with Crippen LogP contribution in [0.15, 0.2) is 36.4 Å². The molecule has 3 rings (SSSR count). The molecule has 1 radical (unpaired) electrons. The van der Waals surface area contributed by atoms with E-state index in [9.17, 15) is 4.39 Å². The van der Waals surface area contributed by atoms with Gasteiger partial charge in [-0.25, -0.2) is 9.37 Å². The molecule has 3 heteroatoms. The lowest BCUT2D eigenvalue weighted by atomic mass is 10.1. The summed E-state index contributed by atoms with van der Waals surface area (Å²) < 4.78 is 14.1. The SMILES string of the molecule is Fc1cc(-c2ccc[c]n2)ccc1N1CCCC1. The minimum absolute atomic E-state index is 0.167. The number of pyridine rings is 1. The molecule has 0 atom stereocenters. The second kappa shape index (κ2) is 4.77. The molecule has 1 aliphatic heterocycles. The summed E-state index contributed by atoms with van der Waals surface area (Å²) >= 11 is 0. The summed E-state index contributed by atoms with van der Waals surface area (Å²) in [4.78, 5) is 6.21. The van der Waals surface area contributed by atoms with Gasteiger partial charge in [0.2, 0.25) is 0 Å². The van der Waals surface area contributed by atoms with Gasteiger partial charge in [0.05, 0.1) is 17.6 Å². The van der Waals surface area contributed by atoms with E-state index < -0.39 is 0 Å². The van der Waals surface area contributed by atoms with Crippen LogP contribution in [0.1, 0.15) is 12.8 Å². The summed E-state index contributed by atoms with van der Waals surface area (Å²) in [6.07, 6.45) is 5.06. The normalized spacial score (nSPS) is 15.1. The Morgan fingerprint density at radius 2 is 2.00 bits per heavy atom. The average Bonchev–Trinajstić information content (AvgIpc) is 2.93. The Kier molecular flexibility index (Phi) is 2.97. The molecule has 0 aliphatic carbocycles. The number of hydrogen-bond donors (Lipinski definition) is 0. The molecule has 2 nitrogen and oxygen atoms in total. The van der Waals surface area contributed by atoms with E-state index in [4.69, 9.17) is 0 Å². The second-order valence-corrected chi connectivity index (χ2v) is 4.51. The van der Waals surface area contributed by atoms with Gasteiger partial charge < -0.3 is 4.90 Å². The number of anilines is 1. The van der Waals surface area contributed by atoms with E-state index in [1.54, 1.807) is 12.1 Å².